The minimum Gasteiger partial charge on any atom is -0.316 e. The molecule has 0 bridgehead atoms. The highest BCUT2D eigenvalue weighted by molar-refractivity contribution is 5.85. The number of benzene rings is 1. The van der Waals surface area contributed by atoms with Crippen molar-refractivity contribution in [1.82, 2.24) is 10.2 Å². The molecule has 2 aliphatic heterocycles. The molecule has 0 radical (unpaired) electrons. The van der Waals surface area contributed by atoms with Crippen LogP contribution in [0, 0.1) is 5.41 Å². The van der Waals surface area contributed by atoms with Gasteiger partial charge in [0.05, 0.1) is 0 Å². The highest BCUT2D eigenvalue weighted by atomic mass is 35.5. The van der Waals surface area contributed by atoms with E-state index in [2.05, 4.69) is 40.5 Å². The molecular formula is C14H21ClN2. The molecule has 0 amide bonds. The molecule has 3 heteroatoms. The van der Waals surface area contributed by atoms with E-state index in [1.165, 1.54) is 44.6 Å². The maximum Gasteiger partial charge on any atom is 0.0234 e. The van der Waals surface area contributed by atoms with E-state index in [4.69, 9.17) is 0 Å². The van der Waals surface area contributed by atoms with Gasteiger partial charge in [0.2, 0.25) is 0 Å². The Morgan fingerprint density at radius 3 is 2.59 bits per heavy atom. The molecule has 0 atom stereocenters. The Morgan fingerprint density at radius 2 is 1.94 bits per heavy atom. The van der Waals surface area contributed by atoms with E-state index in [0.29, 0.717) is 5.41 Å². The van der Waals surface area contributed by atoms with Crippen molar-refractivity contribution < 1.29 is 0 Å². The van der Waals surface area contributed by atoms with Crippen molar-refractivity contribution in [2.75, 3.05) is 26.2 Å². The summed E-state index contributed by atoms with van der Waals surface area (Å²) in [6, 6.07) is 10.8. The molecule has 2 saturated heterocycles. The topological polar surface area (TPSA) is 15.3 Å². The first kappa shape index (κ1) is 12.9. The van der Waals surface area contributed by atoms with Gasteiger partial charge in [-0.3, -0.25) is 4.90 Å². The van der Waals surface area contributed by atoms with E-state index in [1.54, 1.807) is 0 Å². The molecule has 0 aliphatic carbocycles. The van der Waals surface area contributed by atoms with E-state index in [0.717, 1.165) is 6.54 Å². The summed E-state index contributed by atoms with van der Waals surface area (Å²) in [7, 11) is 0. The number of halogens is 1. The molecule has 3 rings (SSSR count). The van der Waals surface area contributed by atoms with Crippen LogP contribution in [0.15, 0.2) is 30.3 Å². The zero-order chi connectivity index (χ0) is 10.8. The molecule has 0 unspecified atom stereocenters. The van der Waals surface area contributed by atoms with Crippen LogP contribution >= 0.6 is 12.4 Å². The summed E-state index contributed by atoms with van der Waals surface area (Å²) in [5.74, 6) is 0. The first-order chi connectivity index (χ1) is 7.86. The number of hydrogen-bond donors (Lipinski definition) is 1. The number of nitrogens with zero attached hydrogens (tertiary/aromatic N) is 1. The summed E-state index contributed by atoms with van der Waals surface area (Å²) >= 11 is 0. The Kier molecular flexibility index (Phi) is 4.08. The molecule has 0 saturated carbocycles. The maximum absolute atomic E-state index is 3.54. The summed E-state index contributed by atoms with van der Waals surface area (Å²) in [6.45, 7) is 6.16. The van der Waals surface area contributed by atoms with E-state index < -0.39 is 0 Å². The monoisotopic (exact) mass is 252 g/mol. The molecular weight excluding hydrogens is 232 g/mol. The first-order valence-corrected chi connectivity index (χ1v) is 6.33. The molecule has 2 aliphatic rings. The zero-order valence-electron chi connectivity index (χ0n) is 10.2. The molecule has 17 heavy (non-hydrogen) atoms. The van der Waals surface area contributed by atoms with Crippen molar-refractivity contribution in [3.8, 4) is 0 Å². The highest BCUT2D eigenvalue weighted by Gasteiger charge is 2.42. The van der Waals surface area contributed by atoms with Gasteiger partial charge in [0.25, 0.3) is 0 Å². The van der Waals surface area contributed by atoms with Crippen LogP contribution in [0.25, 0.3) is 0 Å². The molecule has 1 N–H and O–H groups in total. The van der Waals surface area contributed by atoms with Crippen LogP contribution in [0.4, 0.5) is 0 Å². The third kappa shape index (κ3) is 2.82. The van der Waals surface area contributed by atoms with Crippen LogP contribution in [0.2, 0.25) is 0 Å². The SMILES string of the molecule is Cl.c1ccc(CN2CC3(CCCNC3)C2)cc1. The fourth-order valence-corrected chi connectivity index (χ4v) is 3.16. The lowest BCUT2D eigenvalue weighted by molar-refractivity contribution is -0.0229. The first-order valence-electron chi connectivity index (χ1n) is 6.33. The van der Waals surface area contributed by atoms with Gasteiger partial charge in [0.1, 0.15) is 0 Å². The van der Waals surface area contributed by atoms with E-state index >= 15 is 0 Å². The van der Waals surface area contributed by atoms with E-state index in [9.17, 15) is 0 Å². The molecule has 94 valence electrons. The van der Waals surface area contributed by atoms with Crippen LogP contribution in [0.5, 0.6) is 0 Å². The summed E-state index contributed by atoms with van der Waals surface area (Å²) in [5.41, 5.74) is 2.06. The Bertz CT molecular complexity index is 338. The van der Waals surface area contributed by atoms with Gasteiger partial charge < -0.3 is 5.32 Å². The number of likely N-dealkylation sites (tertiary alicyclic amines) is 1. The molecule has 1 spiro atoms. The molecule has 2 heterocycles. The largest absolute Gasteiger partial charge is 0.316 e. The number of rotatable bonds is 2. The molecule has 2 fully saturated rings. The number of hydrogen-bond acceptors (Lipinski definition) is 2. The molecule has 1 aromatic rings. The highest BCUT2D eigenvalue weighted by Crippen LogP contribution is 2.36. The average molecular weight is 253 g/mol. The summed E-state index contributed by atoms with van der Waals surface area (Å²) < 4.78 is 0. The summed E-state index contributed by atoms with van der Waals surface area (Å²) in [4.78, 5) is 2.57. The van der Waals surface area contributed by atoms with Crippen LogP contribution < -0.4 is 5.32 Å². The smallest absolute Gasteiger partial charge is 0.0234 e. The van der Waals surface area contributed by atoms with Gasteiger partial charge in [0.15, 0.2) is 0 Å². The van der Waals surface area contributed by atoms with Crippen LogP contribution in [0.1, 0.15) is 18.4 Å². The van der Waals surface area contributed by atoms with Crippen molar-refractivity contribution in [3.05, 3.63) is 35.9 Å². The number of piperidine rings is 1. The predicted octanol–water partition coefficient (Wildman–Crippen LogP) is 2.29. The second-order valence-corrected chi connectivity index (χ2v) is 5.41. The Balaban J connectivity index is 0.00000108. The quantitative estimate of drug-likeness (QED) is 0.869. The van der Waals surface area contributed by atoms with Crippen LogP contribution in [-0.4, -0.2) is 31.1 Å². The Hall–Kier alpha value is -0.570. The van der Waals surface area contributed by atoms with Gasteiger partial charge >= 0.3 is 0 Å². The lowest BCUT2D eigenvalue weighted by Crippen LogP contribution is -2.61. The third-order valence-electron chi connectivity index (χ3n) is 3.93. The lowest BCUT2D eigenvalue weighted by Gasteiger charge is -2.52. The van der Waals surface area contributed by atoms with Gasteiger partial charge in [0, 0.05) is 31.6 Å². The lowest BCUT2D eigenvalue weighted by atomic mass is 9.74. The molecule has 2 nitrogen and oxygen atoms in total. The second-order valence-electron chi connectivity index (χ2n) is 5.41. The second kappa shape index (κ2) is 5.38. The number of nitrogens with one attached hydrogen (secondary N) is 1. The van der Waals surface area contributed by atoms with E-state index in [-0.39, 0.29) is 12.4 Å². The van der Waals surface area contributed by atoms with Gasteiger partial charge in [-0.25, -0.2) is 0 Å². The molecule has 1 aromatic carbocycles. The van der Waals surface area contributed by atoms with Crippen molar-refractivity contribution in [2.24, 2.45) is 5.41 Å². The van der Waals surface area contributed by atoms with E-state index in [1.807, 2.05) is 0 Å². The van der Waals surface area contributed by atoms with Gasteiger partial charge in [-0.05, 0) is 24.9 Å². The fourth-order valence-electron chi connectivity index (χ4n) is 3.16. The third-order valence-corrected chi connectivity index (χ3v) is 3.93. The summed E-state index contributed by atoms with van der Waals surface area (Å²) in [5, 5.41) is 3.54. The molecule has 0 aromatic heterocycles. The zero-order valence-corrected chi connectivity index (χ0v) is 11.0. The van der Waals surface area contributed by atoms with Crippen LogP contribution in [0.3, 0.4) is 0 Å². The minimum atomic E-state index is 0. The van der Waals surface area contributed by atoms with Crippen LogP contribution in [-0.2, 0) is 6.54 Å². The normalized spacial score (nSPS) is 22.8. The average Bonchev–Trinajstić information content (AvgIpc) is 2.30. The standard InChI is InChI=1S/C14H20N2.ClH/c1-2-5-13(6-3-1)9-16-11-14(12-16)7-4-8-15-10-14;/h1-3,5-6,15H,4,7-12H2;1H. The van der Waals surface area contributed by atoms with Crippen molar-refractivity contribution >= 4 is 12.4 Å². The van der Waals surface area contributed by atoms with Gasteiger partial charge in [-0.15, -0.1) is 12.4 Å². The van der Waals surface area contributed by atoms with Crippen molar-refractivity contribution in [3.63, 3.8) is 0 Å². The van der Waals surface area contributed by atoms with Gasteiger partial charge in [-0.1, -0.05) is 30.3 Å². The van der Waals surface area contributed by atoms with Crippen molar-refractivity contribution in [1.29, 1.82) is 0 Å². The van der Waals surface area contributed by atoms with Gasteiger partial charge in [-0.2, -0.15) is 0 Å². The Labute approximate surface area is 110 Å². The Morgan fingerprint density at radius 1 is 1.18 bits per heavy atom. The maximum atomic E-state index is 3.54. The minimum absolute atomic E-state index is 0. The van der Waals surface area contributed by atoms with Crippen molar-refractivity contribution in [2.45, 2.75) is 19.4 Å². The predicted molar refractivity (Wildman–Crippen MR) is 73.5 cm³/mol. The fraction of sp³-hybridized carbons (Fsp3) is 0.571. The summed E-state index contributed by atoms with van der Waals surface area (Å²) in [6.07, 6.45) is 2.78.